The van der Waals surface area contributed by atoms with Gasteiger partial charge in [-0.15, -0.1) is 0 Å². The third-order valence-corrected chi connectivity index (χ3v) is 3.82. The quantitative estimate of drug-likeness (QED) is 0.485. The second kappa shape index (κ2) is 2.93. The highest BCUT2D eigenvalue weighted by Gasteiger charge is 2.49. The van der Waals surface area contributed by atoms with Gasteiger partial charge in [-0.3, -0.25) is 0 Å². The Kier molecular flexibility index (Phi) is 2.35. The third-order valence-electron chi connectivity index (χ3n) is 2.06. The molecule has 3 N–H and O–H groups in total. The van der Waals surface area contributed by atoms with Crippen LogP contribution >= 0.6 is 0 Å². The van der Waals surface area contributed by atoms with Crippen molar-refractivity contribution < 1.29 is 28.5 Å². The summed E-state index contributed by atoms with van der Waals surface area (Å²) >= 11 is 0. The first-order valence-electron chi connectivity index (χ1n) is 3.60. The van der Waals surface area contributed by atoms with Crippen LogP contribution in [-0.2, 0) is 14.6 Å². The molecule has 0 aromatic carbocycles. The minimum absolute atomic E-state index is 0.233. The average molecular weight is 210 g/mol. The van der Waals surface area contributed by atoms with Crippen molar-refractivity contribution >= 4 is 15.8 Å². The van der Waals surface area contributed by atoms with E-state index in [1.165, 1.54) is 0 Å². The summed E-state index contributed by atoms with van der Waals surface area (Å²) in [4.78, 5) is 10.3. The lowest BCUT2D eigenvalue weighted by atomic mass is 9.96. The van der Waals surface area contributed by atoms with E-state index in [4.69, 9.17) is 10.2 Å². The Bertz CT molecular complexity index is 320. The smallest absolute Gasteiger partial charge is 0.335 e. The summed E-state index contributed by atoms with van der Waals surface area (Å²) in [6.45, 7) is 0. The number of hydrogen-bond acceptors (Lipinski definition) is 5. The van der Waals surface area contributed by atoms with E-state index in [1.807, 2.05) is 0 Å². The van der Waals surface area contributed by atoms with E-state index in [2.05, 4.69) is 0 Å². The molecule has 0 aliphatic carbocycles. The summed E-state index contributed by atoms with van der Waals surface area (Å²) < 4.78 is 21.8. The molecule has 1 aliphatic rings. The standard InChI is InChI=1S/C6H10O6S/c7-4(5(8)9)6(10)1-2-13(11,12)3-6/h4,7,10H,1-3H2,(H,8,9). The van der Waals surface area contributed by atoms with E-state index in [1.54, 1.807) is 0 Å². The van der Waals surface area contributed by atoms with Crippen LogP contribution in [0.15, 0.2) is 0 Å². The maximum Gasteiger partial charge on any atom is 0.335 e. The van der Waals surface area contributed by atoms with Crippen molar-refractivity contribution in [1.82, 2.24) is 0 Å². The van der Waals surface area contributed by atoms with Crippen LogP contribution in [0.5, 0.6) is 0 Å². The van der Waals surface area contributed by atoms with Crippen LogP contribution in [0.1, 0.15) is 6.42 Å². The first kappa shape index (κ1) is 10.4. The van der Waals surface area contributed by atoms with Crippen molar-refractivity contribution in [3.05, 3.63) is 0 Å². The molecule has 13 heavy (non-hydrogen) atoms. The van der Waals surface area contributed by atoms with E-state index in [-0.39, 0.29) is 12.2 Å². The molecule has 0 aromatic rings. The second-order valence-electron chi connectivity index (χ2n) is 3.19. The number of aliphatic hydroxyl groups is 2. The van der Waals surface area contributed by atoms with E-state index >= 15 is 0 Å². The monoisotopic (exact) mass is 210 g/mol. The maximum atomic E-state index is 10.9. The molecule has 1 fully saturated rings. The average Bonchev–Trinajstić information content (AvgIpc) is 2.25. The number of hydrogen-bond donors (Lipinski definition) is 3. The van der Waals surface area contributed by atoms with Crippen LogP contribution in [0.25, 0.3) is 0 Å². The molecule has 1 aliphatic heterocycles. The normalized spacial score (nSPS) is 34.3. The van der Waals surface area contributed by atoms with Crippen molar-refractivity contribution in [3.8, 4) is 0 Å². The molecule has 1 rings (SSSR count). The summed E-state index contributed by atoms with van der Waals surface area (Å²) in [6.07, 6.45) is -2.27. The molecule has 0 saturated carbocycles. The third kappa shape index (κ3) is 1.98. The molecular weight excluding hydrogens is 200 g/mol. The highest BCUT2D eigenvalue weighted by atomic mass is 32.2. The van der Waals surface area contributed by atoms with Gasteiger partial charge in [-0.25, -0.2) is 13.2 Å². The highest BCUT2D eigenvalue weighted by molar-refractivity contribution is 7.91. The SMILES string of the molecule is O=C(O)C(O)C1(O)CCS(=O)(=O)C1. The number of rotatable bonds is 2. The van der Waals surface area contributed by atoms with Crippen LogP contribution in [0, 0.1) is 0 Å². The number of sulfone groups is 1. The Morgan fingerprint density at radius 2 is 2.00 bits per heavy atom. The van der Waals surface area contributed by atoms with Crippen molar-refractivity contribution in [2.75, 3.05) is 11.5 Å². The van der Waals surface area contributed by atoms with Gasteiger partial charge < -0.3 is 15.3 Å². The molecule has 6 nitrogen and oxygen atoms in total. The minimum Gasteiger partial charge on any atom is -0.479 e. The molecule has 0 aromatic heterocycles. The summed E-state index contributed by atoms with van der Waals surface area (Å²) in [5, 5.41) is 26.8. The van der Waals surface area contributed by atoms with Gasteiger partial charge in [-0.2, -0.15) is 0 Å². The predicted molar refractivity (Wildman–Crippen MR) is 41.9 cm³/mol. The Morgan fingerprint density at radius 1 is 1.46 bits per heavy atom. The van der Waals surface area contributed by atoms with E-state index in [0.717, 1.165) is 0 Å². The molecule has 2 unspecified atom stereocenters. The van der Waals surface area contributed by atoms with E-state index in [9.17, 15) is 18.3 Å². The fraction of sp³-hybridized carbons (Fsp3) is 0.833. The van der Waals surface area contributed by atoms with Crippen LogP contribution < -0.4 is 0 Å². The molecule has 1 heterocycles. The number of carboxylic acid groups (broad SMARTS) is 1. The fourth-order valence-electron chi connectivity index (χ4n) is 1.30. The maximum absolute atomic E-state index is 10.9. The molecule has 76 valence electrons. The zero-order valence-corrected chi connectivity index (χ0v) is 7.49. The lowest BCUT2D eigenvalue weighted by molar-refractivity contribution is -0.160. The summed E-state index contributed by atoms with van der Waals surface area (Å²) in [5.74, 6) is -2.58. The van der Waals surface area contributed by atoms with Crippen molar-refractivity contribution in [2.24, 2.45) is 0 Å². The Labute approximate surface area is 74.7 Å². The van der Waals surface area contributed by atoms with Gasteiger partial charge in [0.25, 0.3) is 0 Å². The van der Waals surface area contributed by atoms with Gasteiger partial charge in [-0.05, 0) is 6.42 Å². The number of aliphatic hydroxyl groups excluding tert-OH is 1. The van der Waals surface area contributed by atoms with Crippen LogP contribution in [0.3, 0.4) is 0 Å². The van der Waals surface area contributed by atoms with Gasteiger partial charge >= 0.3 is 5.97 Å². The largest absolute Gasteiger partial charge is 0.479 e. The first-order valence-corrected chi connectivity index (χ1v) is 5.43. The number of carbonyl (C=O) groups is 1. The Hall–Kier alpha value is -0.660. The Balaban J connectivity index is 2.87. The fourth-order valence-corrected chi connectivity index (χ4v) is 3.18. The molecule has 0 radical (unpaired) electrons. The molecule has 0 spiro atoms. The van der Waals surface area contributed by atoms with E-state index < -0.39 is 33.3 Å². The van der Waals surface area contributed by atoms with Crippen molar-refractivity contribution in [2.45, 2.75) is 18.1 Å². The number of carboxylic acids is 1. The van der Waals surface area contributed by atoms with Crippen LogP contribution in [0.2, 0.25) is 0 Å². The zero-order chi connectivity index (χ0) is 10.3. The summed E-state index contributed by atoms with van der Waals surface area (Å²) in [6, 6.07) is 0. The van der Waals surface area contributed by atoms with Gasteiger partial charge in [0.2, 0.25) is 0 Å². The van der Waals surface area contributed by atoms with E-state index in [0.29, 0.717) is 0 Å². The predicted octanol–water partition coefficient (Wildman–Crippen LogP) is -2.02. The van der Waals surface area contributed by atoms with Crippen LogP contribution in [-0.4, -0.2) is 52.9 Å². The molecule has 0 bridgehead atoms. The van der Waals surface area contributed by atoms with Gasteiger partial charge in [0.15, 0.2) is 15.9 Å². The van der Waals surface area contributed by atoms with Gasteiger partial charge in [-0.1, -0.05) is 0 Å². The van der Waals surface area contributed by atoms with Gasteiger partial charge in [0, 0.05) is 0 Å². The molecule has 0 amide bonds. The summed E-state index contributed by atoms with van der Waals surface area (Å²) in [7, 11) is -3.41. The molecule has 2 atom stereocenters. The molecular formula is C6H10O6S. The number of aliphatic carboxylic acids is 1. The topological polar surface area (TPSA) is 112 Å². The minimum atomic E-state index is -3.41. The zero-order valence-electron chi connectivity index (χ0n) is 6.67. The van der Waals surface area contributed by atoms with Gasteiger partial charge in [0.05, 0.1) is 11.5 Å². The lowest BCUT2D eigenvalue weighted by Gasteiger charge is -2.23. The lowest BCUT2D eigenvalue weighted by Crippen LogP contribution is -2.48. The molecule has 1 saturated heterocycles. The molecule has 7 heteroatoms. The van der Waals surface area contributed by atoms with Crippen molar-refractivity contribution in [1.29, 1.82) is 0 Å². The first-order chi connectivity index (χ1) is 5.77. The highest BCUT2D eigenvalue weighted by Crippen LogP contribution is 2.26. The van der Waals surface area contributed by atoms with Gasteiger partial charge in [0.1, 0.15) is 5.60 Å². The summed E-state index contributed by atoms with van der Waals surface area (Å²) in [5.41, 5.74) is -2.02. The second-order valence-corrected chi connectivity index (χ2v) is 5.37. The van der Waals surface area contributed by atoms with Crippen LogP contribution in [0.4, 0.5) is 0 Å². The van der Waals surface area contributed by atoms with Crippen molar-refractivity contribution in [3.63, 3.8) is 0 Å². The Morgan fingerprint density at radius 3 is 2.31 bits per heavy atom.